The van der Waals surface area contributed by atoms with Gasteiger partial charge >= 0.3 is 0 Å². The van der Waals surface area contributed by atoms with E-state index in [0.29, 0.717) is 6.42 Å². The molecule has 0 heterocycles. The molecule has 1 rings (SSSR count). The Morgan fingerprint density at radius 3 is 2.38 bits per heavy atom. The second-order valence-corrected chi connectivity index (χ2v) is 6.35. The fourth-order valence-electron chi connectivity index (χ4n) is 2.50. The van der Waals surface area contributed by atoms with Crippen LogP contribution in [0.15, 0.2) is 30.3 Å². The van der Waals surface area contributed by atoms with Crippen LogP contribution in [0.25, 0.3) is 0 Å². The highest BCUT2D eigenvalue weighted by molar-refractivity contribution is 5.82. The van der Waals surface area contributed by atoms with Crippen LogP contribution in [0.2, 0.25) is 0 Å². The number of likely N-dealkylation sites (N-methyl/N-ethyl adjacent to an activating group) is 1. The largest absolute Gasteiger partial charge is 0.351 e. The van der Waals surface area contributed by atoms with Crippen LogP contribution >= 0.6 is 0 Å². The first-order chi connectivity index (χ1) is 9.79. The Hall–Kier alpha value is -1.79. The van der Waals surface area contributed by atoms with E-state index in [4.69, 9.17) is 6.42 Å². The van der Waals surface area contributed by atoms with E-state index in [1.807, 2.05) is 53.1 Å². The third-order valence-electron chi connectivity index (χ3n) is 3.69. The number of nitrogens with one attached hydrogen (secondary N) is 1. The Balaban J connectivity index is 2.87. The zero-order chi connectivity index (χ0) is 16.0. The van der Waals surface area contributed by atoms with Gasteiger partial charge in [-0.1, -0.05) is 44.2 Å². The van der Waals surface area contributed by atoms with Gasteiger partial charge in [-0.2, -0.15) is 0 Å². The lowest BCUT2D eigenvalue weighted by atomic mass is 9.88. The SMILES string of the molecule is C#CCC(C)(C)C(=O)N[C@@H](C)[C@H](c1ccccc1)N(C)C. The van der Waals surface area contributed by atoms with Crippen molar-refractivity contribution < 1.29 is 4.79 Å². The summed E-state index contributed by atoms with van der Waals surface area (Å²) in [6.45, 7) is 5.78. The molecule has 0 fully saturated rings. The number of carbonyl (C=O) groups is 1. The van der Waals surface area contributed by atoms with Crippen molar-refractivity contribution in [2.75, 3.05) is 14.1 Å². The van der Waals surface area contributed by atoms with E-state index in [1.54, 1.807) is 0 Å². The molecule has 0 unspecified atom stereocenters. The molecule has 2 atom stereocenters. The summed E-state index contributed by atoms with van der Waals surface area (Å²) in [6.07, 6.45) is 5.78. The molecule has 0 aliphatic rings. The second-order valence-electron chi connectivity index (χ2n) is 6.35. The highest BCUT2D eigenvalue weighted by atomic mass is 16.2. The lowest BCUT2D eigenvalue weighted by molar-refractivity contribution is -0.130. The minimum atomic E-state index is -0.545. The van der Waals surface area contributed by atoms with Gasteiger partial charge in [-0.05, 0) is 26.6 Å². The zero-order valence-electron chi connectivity index (χ0n) is 13.7. The average Bonchev–Trinajstić information content (AvgIpc) is 2.39. The number of nitrogens with zero attached hydrogens (tertiary/aromatic N) is 1. The van der Waals surface area contributed by atoms with Crippen LogP contribution in [0.4, 0.5) is 0 Å². The van der Waals surface area contributed by atoms with Crippen molar-refractivity contribution >= 4 is 5.91 Å². The fourth-order valence-corrected chi connectivity index (χ4v) is 2.50. The normalized spacial score (nSPS) is 14.3. The first-order valence-electron chi connectivity index (χ1n) is 7.25. The van der Waals surface area contributed by atoms with Crippen molar-refractivity contribution in [3.05, 3.63) is 35.9 Å². The van der Waals surface area contributed by atoms with E-state index >= 15 is 0 Å². The van der Waals surface area contributed by atoms with E-state index in [2.05, 4.69) is 28.3 Å². The summed E-state index contributed by atoms with van der Waals surface area (Å²) in [5.74, 6) is 2.57. The van der Waals surface area contributed by atoms with Crippen molar-refractivity contribution in [3.63, 3.8) is 0 Å². The maximum Gasteiger partial charge on any atom is 0.226 e. The smallest absolute Gasteiger partial charge is 0.226 e. The Bertz CT molecular complexity index is 500. The van der Waals surface area contributed by atoms with Crippen LogP contribution < -0.4 is 5.32 Å². The molecule has 3 heteroatoms. The molecule has 3 nitrogen and oxygen atoms in total. The van der Waals surface area contributed by atoms with Gasteiger partial charge in [-0.3, -0.25) is 4.79 Å². The average molecular weight is 286 g/mol. The van der Waals surface area contributed by atoms with Crippen LogP contribution in [-0.2, 0) is 4.79 Å². The van der Waals surface area contributed by atoms with Gasteiger partial charge in [0.05, 0.1) is 11.5 Å². The molecule has 0 spiro atoms. The van der Waals surface area contributed by atoms with Gasteiger partial charge in [0.25, 0.3) is 0 Å². The Kier molecular flexibility index (Phi) is 5.99. The van der Waals surface area contributed by atoms with E-state index in [9.17, 15) is 4.79 Å². The number of rotatable bonds is 6. The maximum absolute atomic E-state index is 12.4. The lowest BCUT2D eigenvalue weighted by Gasteiger charge is -2.33. The van der Waals surface area contributed by atoms with Crippen LogP contribution in [0.1, 0.15) is 38.8 Å². The summed E-state index contributed by atoms with van der Waals surface area (Å²) >= 11 is 0. The lowest BCUT2D eigenvalue weighted by Crippen LogP contribution is -2.47. The molecule has 21 heavy (non-hydrogen) atoms. The minimum Gasteiger partial charge on any atom is -0.351 e. The molecule has 114 valence electrons. The molecule has 0 bridgehead atoms. The highest BCUT2D eigenvalue weighted by Gasteiger charge is 2.30. The predicted molar refractivity (Wildman–Crippen MR) is 87.7 cm³/mol. The zero-order valence-corrected chi connectivity index (χ0v) is 13.7. The number of hydrogen-bond donors (Lipinski definition) is 1. The highest BCUT2D eigenvalue weighted by Crippen LogP contribution is 2.24. The van der Waals surface area contributed by atoms with Gasteiger partial charge in [-0.15, -0.1) is 12.3 Å². The quantitative estimate of drug-likeness (QED) is 0.816. The summed E-state index contributed by atoms with van der Waals surface area (Å²) in [5.41, 5.74) is 0.640. The summed E-state index contributed by atoms with van der Waals surface area (Å²) in [7, 11) is 4.04. The number of benzene rings is 1. The first kappa shape index (κ1) is 17.3. The summed E-state index contributed by atoms with van der Waals surface area (Å²) in [4.78, 5) is 14.5. The molecular formula is C18H26N2O. The third kappa shape index (κ3) is 4.61. The van der Waals surface area contributed by atoms with E-state index in [1.165, 1.54) is 5.56 Å². The van der Waals surface area contributed by atoms with Gasteiger partial charge in [0.1, 0.15) is 0 Å². The molecule has 1 amide bonds. The summed E-state index contributed by atoms with van der Waals surface area (Å²) in [5, 5.41) is 3.11. The van der Waals surface area contributed by atoms with Gasteiger partial charge in [-0.25, -0.2) is 0 Å². The van der Waals surface area contributed by atoms with Crippen molar-refractivity contribution in [2.24, 2.45) is 5.41 Å². The molecule has 1 aromatic carbocycles. The number of hydrogen-bond acceptors (Lipinski definition) is 2. The molecular weight excluding hydrogens is 260 g/mol. The Morgan fingerprint density at radius 2 is 1.90 bits per heavy atom. The van der Waals surface area contributed by atoms with Crippen molar-refractivity contribution in [1.82, 2.24) is 10.2 Å². The van der Waals surface area contributed by atoms with E-state index in [-0.39, 0.29) is 18.0 Å². The van der Waals surface area contributed by atoms with Crippen molar-refractivity contribution in [3.8, 4) is 12.3 Å². The van der Waals surface area contributed by atoms with Gasteiger partial charge in [0.2, 0.25) is 5.91 Å². The van der Waals surface area contributed by atoms with Gasteiger partial charge in [0.15, 0.2) is 0 Å². The van der Waals surface area contributed by atoms with Crippen LogP contribution in [0.3, 0.4) is 0 Å². The summed E-state index contributed by atoms with van der Waals surface area (Å²) in [6, 6.07) is 10.3. The standard InChI is InChI=1S/C18H26N2O/c1-7-13-18(3,4)17(21)19-14(2)16(20(5)6)15-11-9-8-10-12-15/h1,8-12,14,16H,13H2,2-6H3,(H,19,21)/t14-,16+/m0/s1. The van der Waals surface area contributed by atoms with Crippen molar-refractivity contribution in [1.29, 1.82) is 0 Å². The van der Waals surface area contributed by atoms with Crippen molar-refractivity contribution in [2.45, 2.75) is 39.3 Å². The molecule has 0 aliphatic carbocycles. The Labute approximate surface area is 128 Å². The van der Waals surface area contributed by atoms with Crippen LogP contribution in [-0.4, -0.2) is 30.9 Å². The molecule has 0 radical (unpaired) electrons. The third-order valence-corrected chi connectivity index (χ3v) is 3.69. The summed E-state index contributed by atoms with van der Waals surface area (Å²) < 4.78 is 0. The number of amides is 1. The van der Waals surface area contributed by atoms with Gasteiger partial charge < -0.3 is 10.2 Å². The first-order valence-corrected chi connectivity index (χ1v) is 7.25. The Morgan fingerprint density at radius 1 is 1.33 bits per heavy atom. The van der Waals surface area contributed by atoms with Crippen LogP contribution in [0, 0.1) is 17.8 Å². The molecule has 0 aliphatic heterocycles. The predicted octanol–water partition coefficient (Wildman–Crippen LogP) is 2.84. The fraction of sp³-hybridized carbons (Fsp3) is 0.500. The molecule has 0 saturated carbocycles. The molecule has 0 aromatic heterocycles. The van der Waals surface area contributed by atoms with Crippen LogP contribution in [0.5, 0.6) is 0 Å². The van der Waals surface area contributed by atoms with E-state index < -0.39 is 5.41 Å². The molecule has 0 saturated heterocycles. The topological polar surface area (TPSA) is 32.3 Å². The number of carbonyl (C=O) groups excluding carboxylic acids is 1. The monoisotopic (exact) mass is 286 g/mol. The second kappa shape index (κ2) is 7.28. The van der Waals surface area contributed by atoms with E-state index in [0.717, 1.165) is 0 Å². The number of terminal acetylenes is 1. The van der Waals surface area contributed by atoms with Gasteiger partial charge in [0, 0.05) is 12.5 Å². The molecule has 1 N–H and O–H groups in total. The minimum absolute atomic E-state index is 0.00395. The maximum atomic E-state index is 12.4. The molecule has 1 aromatic rings.